The Balaban J connectivity index is 0.00000400. The predicted octanol–water partition coefficient (Wildman–Crippen LogP) is 4.08. The summed E-state index contributed by atoms with van der Waals surface area (Å²) in [5, 5.41) is 12.4. The van der Waals surface area contributed by atoms with E-state index in [0.717, 1.165) is 42.1 Å². The molecule has 5 nitrogen and oxygen atoms in total. The fourth-order valence-electron chi connectivity index (χ4n) is 5.54. The Morgan fingerprint density at radius 2 is 1.79 bits per heavy atom. The number of benzene rings is 2. The Labute approximate surface area is 253 Å². The largest absolute Gasteiger partial charge is 1.00 e. The van der Waals surface area contributed by atoms with Crippen molar-refractivity contribution in [3.63, 3.8) is 0 Å². The molecule has 1 fully saturated rings. The van der Waals surface area contributed by atoms with Gasteiger partial charge in [0.15, 0.2) is 0 Å². The molecule has 3 rings (SSSR count). The molecule has 7 heteroatoms. The summed E-state index contributed by atoms with van der Waals surface area (Å²) in [6.45, 7) is 6.63. The van der Waals surface area contributed by atoms with Gasteiger partial charge in [-0.3, -0.25) is 4.79 Å². The number of nitrogens with zero attached hydrogens (tertiary/aromatic N) is 1. The number of carbonyl (C=O) groups excluding carboxylic acids is 1. The first kappa shape index (κ1) is 33.5. The van der Waals surface area contributed by atoms with Gasteiger partial charge in [-0.1, -0.05) is 69.0 Å². The van der Waals surface area contributed by atoms with Gasteiger partial charge in [0, 0.05) is 11.6 Å². The molecule has 2 N–H and O–H groups in total. The SMILES string of the molecule is CCCCN(CCCc1ccc(C(=O)N[C@@H](CCSC)C(=O)O)c(-c2ccccc2C)c1)C1CCCCC1.[H-].[Li+]. The van der Waals surface area contributed by atoms with Crippen LogP contribution in [0.1, 0.15) is 87.6 Å². The van der Waals surface area contributed by atoms with Gasteiger partial charge in [0.25, 0.3) is 5.91 Å². The van der Waals surface area contributed by atoms with Gasteiger partial charge in [-0.2, -0.15) is 11.8 Å². The monoisotopic (exact) mass is 546 g/mol. The van der Waals surface area contributed by atoms with Crippen LogP contribution in [0.4, 0.5) is 0 Å². The van der Waals surface area contributed by atoms with E-state index in [1.807, 2.05) is 36.6 Å². The van der Waals surface area contributed by atoms with E-state index < -0.39 is 12.0 Å². The van der Waals surface area contributed by atoms with Crippen LogP contribution in [0.5, 0.6) is 0 Å². The van der Waals surface area contributed by atoms with Gasteiger partial charge in [0.05, 0.1) is 0 Å². The molecule has 0 aromatic heterocycles. The zero-order valence-corrected chi connectivity index (χ0v) is 25.3. The summed E-state index contributed by atoms with van der Waals surface area (Å²) in [6.07, 6.45) is 13.6. The molecule has 0 unspecified atom stereocenters. The maximum absolute atomic E-state index is 13.3. The van der Waals surface area contributed by atoms with E-state index in [9.17, 15) is 14.7 Å². The van der Waals surface area contributed by atoms with Crippen molar-refractivity contribution in [2.75, 3.05) is 25.1 Å². The molecule has 39 heavy (non-hydrogen) atoms. The summed E-state index contributed by atoms with van der Waals surface area (Å²) < 4.78 is 0. The van der Waals surface area contributed by atoms with Crippen molar-refractivity contribution >= 4 is 23.6 Å². The van der Waals surface area contributed by atoms with Crippen LogP contribution >= 0.6 is 11.8 Å². The average Bonchev–Trinajstić information content (AvgIpc) is 2.93. The van der Waals surface area contributed by atoms with E-state index in [1.54, 1.807) is 11.8 Å². The van der Waals surface area contributed by atoms with Gasteiger partial charge < -0.3 is 16.7 Å². The van der Waals surface area contributed by atoms with Gasteiger partial charge in [0.2, 0.25) is 0 Å². The number of aliphatic carboxylic acids is 1. The fourth-order valence-corrected chi connectivity index (χ4v) is 6.01. The summed E-state index contributed by atoms with van der Waals surface area (Å²) in [5.74, 6) is -0.643. The Morgan fingerprint density at radius 3 is 2.46 bits per heavy atom. The van der Waals surface area contributed by atoms with Crippen molar-refractivity contribution in [1.29, 1.82) is 0 Å². The minimum absolute atomic E-state index is 0. The van der Waals surface area contributed by atoms with Crippen LogP contribution in [0.2, 0.25) is 0 Å². The molecule has 1 aliphatic carbocycles. The van der Waals surface area contributed by atoms with Crippen molar-refractivity contribution in [2.24, 2.45) is 0 Å². The van der Waals surface area contributed by atoms with Gasteiger partial charge in [-0.15, -0.1) is 0 Å². The van der Waals surface area contributed by atoms with Crippen molar-refractivity contribution in [3.05, 3.63) is 59.2 Å². The van der Waals surface area contributed by atoms with E-state index in [-0.39, 0.29) is 26.2 Å². The second kappa shape index (κ2) is 17.9. The fraction of sp³-hybridized carbons (Fsp3) is 0.562. The van der Waals surface area contributed by atoms with Gasteiger partial charge >= 0.3 is 24.8 Å². The van der Waals surface area contributed by atoms with Crippen LogP contribution in [0.3, 0.4) is 0 Å². The molecule has 2 aromatic carbocycles. The zero-order valence-electron chi connectivity index (χ0n) is 25.5. The first-order valence-corrected chi connectivity index (χ1v) is 15.8. The first-order chi connectivity index (χ1) is 18.4. The van der Waals surface area contributed by atoms with Crippen molar-refractivity contribution < 1.29 is 35.0 Å². The molecule has 0 spiro atoms. The van der Waals surface area contributed by atoms with E-state index in [0.29, 0.717) is 17.7 Å². The molecule has 210 valence electrons. The number of carboxylic acids is 1. The number of hydrogen-bond donors (Lipinski definition) is 2. The number of hydrogen-bond acceptors (Lipinski definition) is 4. The second-order valence-corrected chi connectivity index (χ2v) is 11.6. The van der Waals surface area contributed by atoms with E-state index >= 15 is 0 Å². The maximum Gasteiger partial charge on any atom is 1.00 e. The molecule has 1 amide bonds. The summed E-state index contributed by atoms with van der Waals surface area (Å²) >= 11 is 1.58. The van der Waals surface area contributed by atoms with Gasteiger partial charge in [0.1, 0.15) is 6.04 Å². The molecular formula is C32H47LiN2O3S. The number of amides is 1. The third-order valence-corrected chi connectivity index (χ3v) is 8.42. The number of carboxylic acid groups (broad SMARTS) is 1. The number of aryl methyl sites for hydroxylation is 2. The van der Waals surface area contributed by atoms with Crippen LogP contribution in [0.15, 0.2) is 42.5 Å². The molecule has 0 radical (unpaired) electrons. The Morgan fingerprint density at radius 1 is 1.08 bits per heavy atom. The van der Waals surface area contributed by atoms with Crippen molar-refractivity contribution in [3.8, 4) is 11.1 Å². The summed E-state index contributed by atoms with van der Waals surface area (Å²) in [4.78, 5) is 27.8. The smallest absolute Gasteiger partial charge is 1.00 e. The standard InChI is InChI=1S/C32H46N2O3S.Li.H/c1-4-5-20-34(26-14-7-6-8-15-26)21-11-13-25-17-18-28(29(23-25)27-16-10-9-12-24(27)2)31(35)33-30(32(36)37)19-22-38-3;;/h9-10,12,16-18,23,26,30H,4-8,11,13-15,19-22H2,1-3H3,(H,33,35)(H,36,37);;/q;+1;-1/t30-;;/m0../s1. The molecule has 1 atom stereocenters. The normalized spacial score (nSPS) is 14.6. The number of unbranched alkanes of at least 4 members (excludes halogenated alkanes) is 1. The van der Waals surface area contributed by atoms with E-state index in [4.69, 9.17) is 0 Å². The van der Waals surface area contributed by atoms with Crippen LogP contribution in [-0.2, 0) is 11.2 Å². The first-order valence-electron chi connectivity index (χ1n) is 14.4. The van der Waals surface area contributed by atoms with Crippen LogP contribution in [0.25, 0.3) is 11.1 Å². The third-order valence-electron chi connectivity index (χ3n) is 7.78. The summed E-state index contributed by atoms with van der Waals surface area (Å²) in [7, 11) is 0. The molecule has 1 aliphatic rings. The van der Waals surface area contributed by atoms with Gasteiger partial charge in [-0.05, 0) is 98.9 Å². The molecule has 2 aromatic rings. The zero-order chi connectivity index (χ0) is 27.3. The number of thioether (sulfide) groups is 1. The van der Waals surface area contributed by atoms with Crippen molar-refractivity contribution in [2.45, 2.75) is 90.1 Å². The van der Waals surface area contributed by atoms with Crippen LogP contribution in [0, 0.1) is 6.92 Å². The predicted molar refractivity (Wildman–Crippen MR) is 161 cm³/mol. The topological polar surface area (TPSA) is 69.6 Å². The quantitative estimate of drug-likeness (QED) is 0.330. The molecular weight excluding hydrogens is 499 g/mol. The maximum atomic E-state index is 13.3. The Bertz CT molecular complexity index is 1050. The van der Waals surface area contributed by atoms with Crippen LogP contribution < -0.4 is 24.2 Å². The minimum Gasteiger partial charge on any atom is -1.00 e. The summed E-state index contributed by atoms with van der Waals surface area (Å²) in [5.41, 5.74) is 4.74. The van der Waals surface area contributed by atoms with Gasteiger partial charge in [-0.25, -0.2) is 4.79 Å². The van der Waals surface area contributed by atoms with E-state index in [1.165, 1.54) is 57.1 Å². The number of rotatable bonds is 15. The Hall–Kier alpha value is -1.71. The van der Waals surface area contributed by atoms with Crippen LogP contribution in [-0.4, -0.2) is 59.1 Å². The number of carbonyl (C=O) groups is 2. The number of nitrogens with one attached hydrogen (secondary N) is 1. The molecule has 1 saturated carbocycles. The Kier molecular flexibility index (Phi) is 15.3. The average molecular weight is 547 g/mol. The second-order valence-electron chi connectivity index (χ2n) is 10.6. The summed E-state index contributed by atoms with van der Waals surface area (Å²) in [6, 6.07) is 14.0. The molecule has 0 bridgehead atoms. The molecule has 0 heterocycles. The minimum atomic E-state index is -0.993. The van der Waals surface area contributed by atoms with Crippen molar-refractivity contribution in [1.82, 2.24) is 10.2 Å². The molecule has 0 aliphatic heterocycles. The van der Waals surface area contributed by atoms with E-state index in [2.05, 4.69) is 36.2 Å². The third kappa shape index (κ3) is 10.3. The molecule has 0 saturated heterocycles.